The quantitative estimate of drug-likeness (QED) is 0.826. The molecule has 3 heteroatoms. The van der Waals surface area contributed by atoms with Crippen molar-refractivity contribution in [3.8, 4) is 0 Å². The van der Waals surface area contributed by atoms with Gasteiger partial charge in [-0.2, -0.15) is 0 Å². The molecule has 0 fully saturated rings. The first-order valence-corrected chi connectivity index (χ1v) is 6.34. The van der Waals surface area contributed by atoms with Crippen molar-refractivity contribution in [3.63, 3.8) is 0 Å². The first-order valence-electron chi connectivity index (χ1n) is 5.97. The summed E-state index contributed by atoms with van der Waals surface area (Å²) in [5, 5.41) is 0.775. The first-order chi connectivity index (χ1) is 7.74. The van der Waals surface area contributed by atoms with Gasteiger partial charge in [0.15, 0.2) is 0 Å². The SMILES string of the molecule is CCCN(CCC)c1cccc(Cl)c1CN. The van der Waals surface area contributed by atoms with E-state index in [2.05, 4.69) is 24.8 Å². The van der Waals surface area contributed by atoms with Crippen molar-refractivity contribution >= 4 is 17.3 Å². The summed E-state index contributed by atoms with van der Waals surface area (Å²) in [5.74, 6) is 0. The molecule has 1 aromatic rings. The minimum Gasteiger partial charge on any atom is -0.371 e. The van der Waals surface area contributed by atoms with E-state index in [0.29, 0.717) is 6.54 Å². The van der Waals surface area contributed by atoms with Gasteiger partial charge in [-0.05, 0) is 25.0 Å². The fourth-order valence-corrected chi connectivity index (χ4v) is 2.18. The summed E-state index contributed by atoms with van der Waals surface area (Å²) in [6.45, 7) is 6.99. The van der Waals surface area contributed by atoms with Crippen LogP contribution in [-0.2, 0) is 6.54 Å². The Labute approximate surface area is 103 Å². The highest BCUT2D eigenvalue weighted by molar-refractivity contribution is 6.31. The lowest BCUT2D eigenvalue weighted by Crippen LogP contribution is -2.26. The van der Waals surface area contributed by atoms with Gasteiger partial charge in [0.2, 0.25) is 0 Å². The van der Waals surface area contributed by atoms with Crippen molar-refractivity contribution in [2.24, 2.45) is 5.73 Å². The van der Waals surface area contributed by atoms with Gasteiger partial charge in [0.1, 0.15) is 0 Å². The van der Waals surface area contributed by atoms with Crippen molar-refractivity contribution in [3.05, 3.63) is 28.8 Å². The number of anilines is 1. The summed E-state index contributed by atoms with van der Waals surface area (Å²) in [6, 6.07) is 6.01. The summed E-state index contributed by atoms with van der Waals surface area (Å²) in [6.07, 6.45) is 2.27. The van der Waals surface area contributed by atoms with E-state index in [0.717, 1.165) is 36.5 Å². The number of halogens is 1. The molecule has 1 aromatic carbocycles. The highest BCUT2D eigenvalue weighted by Crippen LogP contribution is 2.27. The van der Waals surface area contributed by atoms with Crippen molar-refractivity contribution in [2.45, 2.75) is 33.2 Å². The van der Waals surface area contributed by atoms with Crippen LogP contribution in [0.1, 0.15) is 32.3 Å². The molecule has 0 atom stereocenters. The third-order valence-corrected chi connectivity index (χ3v) is 2.98. The Morgan fingerprint density at radius 2 is 1.81 bits per heavy atom. The first kappa shape index (κ1) is 13.3. The highest BCUT2D eigenvalue weighted by Gasteiger charge is 2.11. The van der Waals surface area contributed by atoms with Gasteiger partial charge >= 0.3 is 0 Å². The number of hydrogen-bond donors (Lipinski definition) is 1. The van der Waals surface area contributed by atoms with Crippen LogP contribution in [0.2, 0.25) is 5.02 Å². The summed E-state index contributed by atoms with van der Waals surface area (Å²) in [5.41, 5.74) is 8.02. The maximum Gasteiger partial charge on any atom is 0.0471 e. The molecular formula is C13H21ClN2. The molecule has 2 N–H and O–H groups in total. The standard InChI is InChI=1S/C13H21ClN2/c1-3-8-16(9-4-2)13-7-5-6-12(14)11(13)10-15/h5-7H,3-4,8-10,15H2,1-2H3. The average molecular weight is 241 g/mol. The number of nitrogens with two attached hydrogens (primary N) is 1. The molecule has 0 heterocycles. The third kappa shape index (κ3) is 3.13. The van der Waals surface area contributed by atoms with Crippen LogP contribution < -0.4 is 10.6 Å². The van der Waals surface area contributed by atoms with E-state index < -0.39 is 0 Å². The predicted molar refractivity (Wildman–Crippen MR) is 72.1 cm³/mol. The Kier molecular flexibility index (Phi) is 5.64. The summed E-state index contributed by atoms with van der Waals surface area (Å²) in [7, 11) is 0. The van der Waals surface area contributed by atoms with Gasteiger partial charge in [0.05, 0.1) is 0 Å². The van der Waals surface area contributed by atoms with Gasteiger partial charge in [-0.3, -0.25) is 0 Å². The Bertz CT molecular complexity index is 320. The lowest BCUT2D eigenvalue weighted by atomic mass is 10.1. The Balaban J connectivity index is 3.02. The zero-order chi connectivity index (χ0) is 12.0. The second kappa shape index (κ2) is 6.77. The number of rotatable bonds is 6. The number of hydrogen-bond acceptors (Lipinski definition) is 2. The minimum absolute atomic E-state index is 0.499. The summed E-state index contributed by atoms with van der Waals surface area (Å²) in [4.78, 5) is 2.37. The topological polar surface area (TPSA) is 29.3 Å². The van der Waals surface area contributed by atoms with Gasteiger partial charge in [0, 0.05) is 35.9 Å². The van der Waals surface area contributed by atoms with E-state index in [1.807, 2.05) is 12.1 Å². The Morgan fingerprint density at radius 3 is 2.31 bits per heavy atom. The maximum absolute atomic E-state index is 6.17. The van der Waals surface area contributed by atoms with E-state index in [4.69, 9.17) is 17.3 Å². The van der Waals surface area contributed by atoms with E-state index in [9.17, 15) is 0 Å². The maximum atomic E-state index is 6.17. The molecule has 0 saturated heterocycles. The molecule has 0 unspecified atom stereocenters. The van der Waals surface area contributed by atoms with Crippen LogP contribution in [0.25, 0.3) is 0 Å². The van der Waals surface area contributed by atoms with Crippen LogP contribution >= 0.6 is 11.6 Å². The molecule has 0 aliphatic heterocycles. The molecule has 0 saturated carbocycles. The van der Waals surface area contributed by atoms with Crippen LogP contribution in [0.3, 0.4) is 0 Å². The van der Waals surface area contributed by atoms with Gasteiger partial charge in [0.25, 0.3) is 0 Å². The molecular weight excluding hydrogens is 220 g/mol. The molecule has 0 aromatic heterocycles. The molecule has 0 bridgehead atoms. The van der Waals surface area contributed by atoms with Gasteiger partial charge in [-0.1, -0.05) is 31.5 Å². The molecule has 90 valence electrons. The third-order valence-electron chi connectivity index (χ3n) is 2.63. The molecule has 0 amide bonds. The van der Waals surface area contributed by atoms with Gasteiger partial charge in [-0.15, -0.1) is 0 Å². The number of benzene rings is 1. The monoisotopic (exact) mass is 240 g/mol. The molecule has 0 spiro atoms. The van der Waals surface area contributed by atoms with E-state index in [-0.39, 0.29) is 0 Å². The predicted octanol–water partition coefficient (Wildman–Crippen LogP) is 3.43. The van der Waals surface area contributed by atoms with Crippen LogP contribution in [0, 0.1) is 0 Å². The Morgan fingerprint density at radius 1 is 1.19 bits per heavy atom. The zero-order valence-corrected chi connectivity index (χ0v) is 10.9. The lowest BCUT2D eigenvalue weighted by molar-refractivity contribution is 0.740. The average Bonchev–Trinajstić information content (AvgIpc) is 2.28. The van der Waals surface area contributed by atoms with Crippen molar-refractivity contribution < 1.29 is 0 Å². The Hall–Kier alpha value is -0.730. The van der Waals surface area contributed by atoms with Crippen LogP contribution in [0.5, 0.6) is 0 Å². The van der Waals surface area contributed by atoms with Gasteiger partial charge in [-0.25, -0.2) is 0 Å². The minimum atomic E-state index is 0.499. The van der Waals surface area contributed by atoms with Crippen LogP contribution in [0.15, 0.2) is 18.2 Å². The largest absolute Gasteiger partial charge is 0.371 e. The lowest BCUT2D eigenvalue weighted by Gasteiger charge is -2.26. The fourth-order valence-electron chi connectivity index (χ4n) is 1.94. The fraction of sp³-hybridized carbons (Fsp3) is 0.538. The van der Waals surface area contributed by atoms with Crippen LogP contribution in [-0.4, -0.2) is 13.1 Å². The summed E-state index contributed by atoms with van der Waals surface area (Å²) < 4.78 is 0. The smallest absolute Gasteiger partial charge is 0.0471 e. The summed E-state index contributed by atoms with van der Waals surface area (Å²) >= 11 is 6.17. The highest BCUT2D eigenvalue weighted by atomic mass is 35.5. The molecule has 0 aliphatic rings. The van der Waals surface area contributed by atoms with Crippen LogP contribution in [0.4, 0.5) is 5.69 Å². The normalized spacial score (nSPS) is 10.5. The molecule has 0 aliphatic carbocycles. The molecule has 1 rings (SSSR count). The van der Waals surface area contributed by atoms with Crippen molar-refractivity contribution in [1.82, 2.24) is 0 Å². The molecule has 16 heavy (non-hydrogen) atoms. The van der Waals surface area contributed by atoms with E-state index in [1.165, 1.54) is 5.69 Å². The molecule has 2 nitrogen and oxygen atoms in total. The second-order valence-corrected chi connectivity index (χ2v) is 4.34. The molecule has 0 radical (unpaired) electrons. The van der Waals surface area contributed by atoms with Crippen molar-refractivity contribution in [2.75, 3.05) is 18.0 Å². The number of nitrogens with zero attached hydrogens (tertiary/aromatic N) is 1. The zero-order valence-electron chi connectivity index (χ0n) is 10.2. The van der Waals surface area contributed by atoms with E-state index in [1.54, 1.807) is 0 Å². The van der Waals surface area contributed by atoms with Gasteiger partial charge < -0.3 is 10.6 Å². The van der Waals surface area contributed by atoms with E-state index >= 15 is 0 Å². The van der Waals surface area contributed by atoms with Crippen molar-refractivity contribution in [1.29, 1.82) is 0 Å². The second-order valence-electron chi connectivity index (χ2n) is 3.93.